The minimum Gasteiger partial charge on any atom is -0.466 e. The number of ether oxygens (including phenoxy) is 1. The second-order valence-electron chi connectivity index (χ2n) is 4.52. The average Bonchev–Trinajstić information content (AvgIpc) is 2.48. The third-order valence-corrected chi connectivity index (χ3v) is 2.95. The maximum atomic E-state index is 11.4. The zero-order valence-electron chi connectivity index (χ0n) is 12.0. The van der Waals surface area contributed by atoms with Gasteiger partial charge in [-0.15, -0.1) is 12.4 Å². The molecule has 0 saturated carbocycles. The molecule has 3 nitrogen and oxygen atoms in total. The Kier molecular flexibility index (Phi) is 7.33. The van der Waals surface area contributed by atoms with E-state index in [9.17, 15) is 4.79 Å². The van der Waals surface area contributed by atoms with Crippen LogP contribution in [0.1, 0.15) is 18.1 Å². The van der Waals surface area contributed by atoms with Gasteiger partial charge in [-0.1, -0.05) is 42.5 Å². The molecule has 0 fully saturated rings. The number of benzene rings is 2. The molecule has 0 aliphatic carbocycles. The number of carbonyl (C=O) groups excluding carboxylic acids is 1. The summed E-state index contributed by atoms with van der Waals surface area (Å²) >= 11 is 0. The second kappa shape index (κ2) is 9.03. The Labute approximate surface area is 131 Å². The van der Waals surface area contributed by atoms with Gasteiger partial charge in [-0.2, -0.15) is 0 Å². The number of esters is 1. The van der Waals surface area contributed by atoms with E-state index in [0.717, 1.165) is 17.8 Å². The number of nitrogens with one attached hydrogen (secondary N) is 1. The van der Waals surface area contributed by atoms with Crippen molar-refractivity contribution in [3.8, 4) is 0 Å². The first-order chi connectivity index (χ1) is 9.78. The molecule has 21 heavy (non-hydrogen) atoms. The van der Waals surface area contributed by atoms with Crippen LogP contribution in [-0.4, -0.2) is 12.6 Å². The normalized spacial score (nSPS) is 9.57. The maximum absolute atomic E-state index is 11.4. The first kappa shape index (κ1) is 17.1. The van der Waals surface area contributed by atoms with Gasteiger partial charge in [0.05, 0.1) is 13.0 Å². The highest BCUT2D eigenvalue weighted by molar-refractivity contribution is 5.85. The number of hydrogen-bond donors (Lipinski definition) is 1. The van der Waals surface area contributed by atoms with Gasteiger partial charge in [-0.25, -0.2) is 0 Å². The van der Waals surface area contributed by atoms with Crippen molar-refractivity contribution >= 4 is 24.1 Å². The highest BCUT2D eigenvalue weighted by atomic mass is 35.5. The van der Waals surface area contributed by atoms with E-state index in [1.54, 1.807) is 0 Å². The minimum absolute atomic E-state index is 0. The van der Waals surface area contributed by atoms with Crippen LogP contribution in [-0.2, 0) is 22.5 Å². The van der Waals surface area contributed by atoms with Crippen molar-refractivity contribution in [1.29, 1.82) is 0 Å². The first-order valence-corrected chi connectivity index (χ1v) is 6.80. The molecule has 2 aromatic carbocycles. The van der Waals surface area contributed by atoms with Crippen molar-refractivity contribution in [3.63, 3.8) is 0 Å². The van der Waals surface area contributed by atoms with Crippen molar-refractivity contribution in [2.45, 2.75) is 19.9 Å². The van der Waals surface area contributed by atoms with Crippen LogP contribution in [0.4, 0.5) is 5.69 Å². The summed E-state index contributed by atoms with van der Waals surface area (Å²) in [5, 5.41) is 3.35. The Balaban J connectivity index is 0.00000220. The molecule has 0 unspecified atom stereocenters. The first-order valence-electron chi connectivity index (χ1n) is 6.80. The van der Waals surface area contributed by atoms with E-state index in [1.807, 2.05) is 49.4 Å². The summed E-state index contributed by atoms with van der Waals surface area (Å²) in [6, 6.07) is 18.1. The third kappa shape index (κ3) is 5.88. The van der Waals surface area contributed by atoms with Crippen LogP contribution < -0.4 is 5.32 Å². The topological polar surface area (TPSA) is 38.3 Å². The summed E-state index contributed by atoms with van der Waals surface area (Å²) in [5.74, 6) is -0.183. The summed E-state index contributed by atoms with van der Waals surface area (Å²) in [6.45, 7) is 3.03. The molecule has 4 heteroatoms. The van der Waals surface area contributed by atoms with Crippen molar-refractivity contribution in [1.82, 2.24) is 0 Å². The van der Waals surface area contributed by atoms with Crippen LogP contribution in [0.25, 0.3) is 0 Å². The highest BCUT2D eigenvalue weighted by Crippen LogP contribution is 2.12. The van der Waals surface area contributed by atoms with Crippen LogP contribution >= 0.6 is 12.4 Å². The largest absolute Gasteiger partial charge is 0.466 e. The van der Waals surface area contributed by atoms with Gasteiger partial charge < -0.3 is 10.1 Å². The molecule has 0 heterocycles. The van der Waals surface area contributed by atoms with Crippen LogP contribution in [0.3, 0.4) is 0 Å². The molecule has 0 aromatic heterocycles. The molecule has 0 saturated heterocycles. The molecule has 112 valence electrons. The molecular weight excluding hydrogens is 286 g/mol. The van der Waals surface area contributed by atoms with E-state index in [1.165, 1.54) is 5.56 Å². The fourth-order valence-corrected chi connectivity index (χ4v) is 1.92. The molecular formula is C17H20ClNO2. The lowest BCUT2D eigenvalue weighted by Crippen LogP contribution is -2.07. The minimum atomic E-state index is -0.183. The van der Waals surface area contributed by atoms with Crippen molar-refractivity contribution < 1.29 is 9.53 Å². The molecule has 0 bridgehead atoms. The van der Waals surface area contributed by atoms with Gasteiger partial charge in [0.15, 0.2) is 0 Å². The number of rotatable bonds is 6. The number of hydrogen-bond acceptors (Lipinski definition) is 3. The lowest BCUT2D eigenvalue weighted by molar-refractivity contribution is -0.142. The second-order valence-corrected chi connectivity index (χ2v) is 4.52. The highest BCUT2D eigenvalue weighted by Gasteiger charge is 2.03. The van der Waals surface area contributed by atoms with Crippen LogP contribution in [0.2, 0.25) is 0 Å². The smallest absolute Gasteiger partial charge is 0.310 e. The van der Waals surface area contributed by atoms with Gasteiger partial charge in [0.1, 0.15) is 0 Å². The van der Waals surface area contributed by atoms with Crippen LogP contribution in [0.15, 0.2) is 54.6 Å². The Morgan fingerprint density at radius 1 is 1.00 bits per heavy atom. The van der Waals surface area contributed by atoms with Crippen molar-refractivity contribution in [2.24, 2.45) is 0 Å². The lowest BCUT2D eigenvalue weighted by Gasteiger charge is -2.07. The van der Waals surface area contributed by atoms with E-state index < -0.39 is 0 Å². The van der Waals surface area contributed by atoms with Gasteiger partial charge >= 0.3 is 5.97 Å². The standard InChI is InChI=1S/C17H19NO2.ClH/c1-2-20-17(19)12-14-8-10-16(11-9-14)18-13-15-6-4-3-5-7-15;/h3-11,18H,2,12-13H2,1H3;1H. The van der Waals surface area contributed by atoms with E-state index in [0.29, 0.717) is 13.0 Å². The predicted octanol–water partition coefficient (Wildman–Crippen LogP) is 3.83. The summed E-state index contributed by atoms with van der Waals surface area (Å²) in [7, 11) is 0. The predicted molar refractivity (Wildman–Crippen MR) is 87.8 cm³/mol. The number of anilines is 1. The molecule has 0 spiro atoms. The summed E-state index contributed by atoms with van der Waals surface area (Å²) < 4.78 is 4.93. The third-order valence-electron chi connectivity index (χ3n) is 2.95. The van der Waals surface area contributed by atoms with Gasteiger partial charge in [0.25, 0.3) is 0 Å². The Morgan fingerprint density at radius 2 is 1.67 bits per heavy atom. The fourth-order valence-electron chi connectivity index (χ4n) is 1.92. The summed E-state index contributed by atoms with van der Waals surface area (Å²) in [4.78, 5) is 11.4. The van der Waals surface area contributed by atoms with Crippen LogP contribution in [0, 0.1) is 0 Å². The molecule has 0 aliphatic rings. The van der Waals surface area contributed by atoms with Crippen molar-refractivity contribution in [3.05, 3.63) is 65.7 Å². The zero-order chi connectivity index (χ0) is 14.2. The monoisotopic (exact) mass is 305 g/mol. The zero-order valence-corrected chi connectivity index (χ0v) is 12.9. The lowest BCUT2D eigenvalue weighted by atomic mass is 10.1. The Hall–Kier alpha value is -2.00. The molecule has 1 N–H and O–H groups in total. The summed E-state index contributed by atoms with van der Waals surface area (Å²) in [6.07, 6.45) is 0.326. The van der Waals surface area contributed by atoms with Crippen LogP contribution in [0.5, 0.6) is 0 Å². The summed E-state index contributed by atoms with van der Waals surface area (Å²) in [5.41, 5.74) is 3.25. The molecule has 0 aliphatic heterocycles. The van der Waals surface area contributed by atoms with E-state index in [-0.39, 0.29) is 18.4 Å². The maximum Gasteiger partial charge on any atom is 0.310 e. The fraction of sp³-hybridized carbons (Fsp3) is 0.235. The molecule has 2 aromatic rings. The van der Waals surface area contributed by atoms with E-state index in [4.69, 9.17) is 4.74 Å². The van der Waals surface area contributed by atoms with Gasteiger partial charge in [0, 0.05) is 12.2 Å². The Morgan fingerprint density at radius 3 is 2.29 bits per heavy atom. The number of halogens is 1. The van der Waals surface area contributed by atoms with E-state index >= 15 is 0 Å². The molecule has 0 amide bonds. The molecule has 0 atom stereocenters. The Bertz CT molecular complexity index is 540. The SMILES string of the molecule is CCOC(=O)Cc1ccc(NCc2ccccc2)cc1.Cl. The quantitative estimate of drug-likeness (QED) is 0.824. The molecule has 0 radical (unpaired) electrons. The van der Waals surface area contributed by atoms with Crippen molar-refractivity contribution in [2.75, 3.05) is 11.9 Å². The van der Waals surface area contributed by atoms with Gasteiger partial charge in [-0.3, -0.25) is 4.79 Å². The van der Waals surface area contributed by atoms with Gasteiger partial charge in [-0.05, 0) is 30.2 Å². The number of carbonyl (C=O) groups is 1. The van der Waals surface area contributed by atoms with Gasteiger partial charge in [0.2, 0.25) is 0 Å². The molecule has 2 rings (SSSR count). The van der Waals surface area contributed by atoms with E-state index in [2.05, 4.69) is 17.4 Å². The average molecular weight is 306 g/mol.